The summed E-state index contributed by atoms with van der Waals surface area (Å²) in [5.41, 5.74) is 3.96. The Labute approximate surface area is 178 Å². The van der Waals surface area contributed by atoms with E-state index in [1.807, 2.05) is 38.1 Å². The van der Waals surface area contributed by atoms with Gasteiger partial charge in [-0.25, -0.2) is 0 Å². The number of ether oxygens (including phenoxy) is 1. The van der Waals surface area contributed by atoms with Crippen molar-refractivity contribution in [1.82, 2.24) is 0 Å². The second kappa shape index (κ2) is 7.94. The van der Waals surface area contributed by atoms with Gasteiger partial charge in [0.2, 0.25) is 11.2 Å². The standard InChI is InChI=1S/C24H18Cl2O3/c1-14-10-20-21(11-15(14)2)29-23(17-6-8-18(25)9-7-17)24(22(20)27)28-13-16-4-3-5-19(26)12-16/h3-12H,13H2,1-2H3. The van der Waals surface area contributed by atoms with Gasteiger partial charge in [-0.05, 0) is 79.1 Å². The highest BCUT2D eigenvalue weighted by molar-refractivity contribution is 6.30. The molecule has 3 nitrogen and oxygen atoms in total. The molecule has 1 heterocycles. The summed E-state index contributed by atoms with van der Waals surface area (Å²) in [6.45, 7) is 4.15. The second-order valence-corrected chi connectivity index (χ2v) is 7.82. The molecule has 146 valence electrons. The van der Waals surface area contributed by atoms with Gasteiger partial charge in [0.25, 0.3) is 0 Å². The van der Waals surface area contributed by atoms with Gasteiger partial charge in [-0.3, -0.25) is 4.79 Å². The number of rotatable bonds is 4. The number of halogens is 2. The monoisotopic (exact) mass is 424 g/mol. The van der Waals surface area contributed by atoms with Crippen LogP contribution >= 0.6 is 23.2 Å². The Morgan fingerprint density at radius 2 is 1.62 bits per heavy atom. The second-order valence-electron chi connectivity index (χ2n) is 6.95. The van der Waals surface area contributed by atoms with E-state index in [1.165, 1.54) is 0 Å². The lowest BCUT2D eigenvalue weighted by molar-refractivity contribution is 0.298. The third-order valence-corrected chi connectivity index (χ3v) is 5.33. The lowest BCUT2D eigenvalue weighted by Crippen LogP contribution is -2.10. The van der Waals surface area contributed by atoms with Crippen LogP contribution in [-0.2, 0) is 6.61 Å². The number of benzene rings is 3. The minimum atomic E-state index is -0.207. The Morgan fingerprint density at radius 3 is 2.34 bits per heavy atom. The van der Waals surface area contributed by atoms with Crippen molar-refractivity contribution in [3.05, 3.63) is 97.6 Å². The molecular formula is C24H18Cl2O3. The van der Waals surface area contributed by atoms with Gasteiger partial charge in [0.15, 0.2) is 5.76 Å². The van der Waals surface area contributed by atoms with Crippen molar-refractivity contribution in [2.24, 2.45) is 0 Å². The number of aryl methyl sites for hydroxylation is 2. The molecule has 0 saturated heterocycles. The molecule has 0 aliphatic rings. The Balaban J connectivity index is 1.88. The van der Waals surface area contributed by atoms with Crippen molar-refractivity contribution >= 4 is 34.2 Å². The predicted octanol–water partition coefficient (Wildman–Crippen LogP) is 6.96. The van der Waals surface area contributed by atoms with Crippen molar-refractivity contribution in [1.29, 1.82) is 0 Å². The number of fused-ring (bicyclic) bond motifs is 1. The van der Waals surface area contributed by atoms with Gasteiger partial charge >= 0.3 is 0 Å². The molecule has 0 radical (unpaired) electrons. The molecule has 0 spiro atoms. The van der Waals surface area contributed by atoms with Gasteiger partial charge in [-0.2, -0.15) is 0 Å². The molecule has 0 bridgehead atoms. The van der Waals surface area contributed by atoms with E-state index in [4.69, 9.17) is 32.4 Å². The van der Waals surface area contributed by atoms with Crippen LogP contribution in [0.15, 0.2) is 69.9 Å². The molecule has 0 aliphatic carbocycles. The summed E-state index contributed by atoms with van der Waals surface area (Å²) in [7, 11) is 0. The minimum absolute atomic E-state index is 0.169. The maximum Gasteiger partial charge on any atom is 0.235 e. The molecule has 0 N–H and O–H groups in total. The van der Waals surface area contributed by atoms with Crippen LogP contribution in [0.1, 0.15) is 16.7 Å². The zero-order chi connectivity index (χ0) is 20.5. The fourth-order valence-corrected chi connectivity index (χ4v) is 3.48. The van der Waals surface area contributed by atoms with Crippen LogP contribution in [0, 0.1) is 13.8 Å². The first-order valence-corrected chi connectivity index (χ1v) is 9.89. The van der Waals surface area contributed by atoms with Gasteiger partial charge < -0.3 is 9.15 Å². The highest BCUT2D eigenvalue weighted by atomic mass is 35.5. The Bertz CT molecular complexity index is 1260. The van der Waals surface area contributed by atoms with Crippen LogP contribution in [0.25, 0.3) is 22.3 Å². The Kier molecular flexibility index (Phi) is 5.35. The summed E-state index contributed by atoms with van der Waals surface area (Å²) in [5, 5.41) is 1.71. The molecule has 0 amide bonds. The third kappa shape index (κ3) is 4.02. The van der Waals surface area contributed by atoms with E-state index >= 15 is 0 Å². The molecule has 1 aromatic heterocycles. The SMILES string of the molecule is Cc1cc2oc(-c3ccc(Cl)cc3)c(OCc3cccc(Cl)c3)c(=O)c2cc1C. The van der Waals surface area contributed by atoms with Crippen molar-refractivity contribution < 1.29 is 9.15 Å². The molecule has 3 aromatic carbocycles. The summed E-state index contributed by atoms with van der Waals surface area (Å²) in [4.78, 5) is 13.3. The average Bonchev–Trinajstić information content (AvgIpc) is 2.69. The summed E-state index contributed by atoms with van der Waals surface area (Å²) in [6, 6.07) is 18.2. The van der Waals surface area contributed by atoms with E-state index in [0.29, 0.717) is 32.3 Å². The van der Waals surface area contributed by atoms with Crippen molar-refractivity contribution in [2.75, 3.05) is 0 Å². The van der Waals surface area contributed by atoms with E-state index in [2.05, 4.69) is 0 Å². The van der Waals surface area contributed by atoms with Gasteiger partial charge in [-0.1, -0.05) is 35.3 Å². The molecule has 0 aliphatic heterocycles. The normalized spacial score (nSPS) is 11.0. The fourth-order valence-electron chi connectivity index (χ4n) is 3.14. The first-order valence-electron chi connectivity index (χ1n) is 9.13. The molecule has 4 rings (SSSR count). The van der Waals surface area contributed by atoms with Crippen LogP contribution in [0.5, 0.6) is 5.75 Å². The molecule has 0 unspecified atom stereocenters. The lowest BCUT2D eigenvalue weighted by atomic mass is 10.0. The smallest absolute Gasteiger partial charge is 0.235 e. The minimum Gasteiger partial charge on any atom is -0.481 e. The summed E-state index contributed by atoms with van der Waals surface area (Å²) in [5.74, 6) is 0.549. The van der Waals surface area contributed by atoms with E-state index in [9.17, 15) is 4.79 Å². The number of hydrogen-bond donors (Lipinski definition) is 0. The molecule has 29 heavy (non-hydrogen) atoms. The predicted molar refractivity (Wildman–Crippen MR) is 118 cm³/mol. The van der Waals surface area contributed by atoms with Crippen LogP contribution in [0.2, 0.25) is 10.0 Å². The Morgan fingerprint density at radius 1 is 0.897 bits per heavy atom. The molecule has 0 atom stereocenters. The summed E-state index contributed by atoms with van der Waals surface area (Å²) >= 11 is 12.1. The van der Waals surface area contributed by atoms with Gasteiger partial charge in [0.1, 0.15) is 12.2 Å². The van der Waals surface area contributed by atoms with E-state index in [-0.39, 0.29) is 17.8 Å². The zero-order valence-corrected chi connectivity index (χ0v) is 17.5. The first kappa shape index (κ1) is 19.6. The van der Waals surface area contributed by atoms with Crippen LogP contribution in [0.4, 0.5) is 0 Å². The van der Waals surface area contributed by atoms with Crippen LogP contribution in [0.3, 0.4) is 0 Å². The molecular weight excluding hydrogens is 407 g/mol. The van der Waals surface area contributed by atoms with Crippen molar-refractivity contribution in [3.8, 4) is 17.1 Å². The summed E-state index contributed by atoms with van der Waals surface area (Å²) < 4.78 is 12.1. The fraction of sp³-hybridized carbons (Fsp3) is 0.125. The van der Waals surface area contributed by atoms with Crippen LogP contribution in [-0.4, -0.2) is 0 Å². The highest BCUT2D eigenvalue weighted by Gasteiger charge is 2.19. The van der Waals surface area contributed by atoms with Gasteiger partial charge in [-0.15, -0.1) is 0 Å². The molecule has 4 aromatic rings. The quantitative estimate of drug-likeness (QED) is 0.355. The van der Waals surface area contributed by atoms with Crippen LogP contribution < -0.4 is 10.2 Å². The number of hydrogen-bond acceptors (Lipinski definition) is 3. The van der Waals surface area contributed by atoms with E-state index < -0.39 is 0 Å². The van der Waals surface area contributed by atoms with Crippen molar-refractivity contribution in [2.45, 2.75) is 20.5 Å². The van der Waals surface area contributed by atoms with Gasteiger partial charge in [0.05, 0.1) is 5.39 Å². The maximum atomic E-state index is 13.3. The Hall–Kier alpha value is -2.75. The van der Waals surface area contributed by atoms with Crippen molar-refractivity contribution in [3.63, 3.8) is 0 Å². The third-order valence-electron chi connectivity index (χ3n) is 4.84. The molecule has 0 saturated carbocycles. The maximum absolute atomic E-state index is 13.3. The topological polar surface area (TPSA) is 39.4 Å². The highest BCUT2D eigenvalue weighted by Crippen LogP contribution is 2.33. The largest absolute Gasteiger partial charge is 0.481 e. The molecule has 0 fully saturated rings. The average molecular weight is 425 g/mol. The zero-order valence-electron chi connectivity index (χ0n) is 16.0. The van der Waals surface area contributed by atoms with E-state index in [0.717, 1.165) is 16.7 Å². The first-order chi connectivity index (χ1) is 13.9. The lowest BCUT2D eigenvalue weighted by Gasteiger charge is -2.13. The van der Waals surface area contributed by atoms with E-state index in [1.54, 1.807) is 36.4 Å². The summed E-state index contributed by atoms with van der Waals surface area (Å²) in [6.07, 6.45) is 0. The molecule has 5 heteroatoms. The van der Waals surface area contributed by atoms with Gasteiger partial charge in [0, 0.05) is 15.6 Å².